The van der Waals surface area contributed by atoms with Gasteiger partial charge in [-0.3, -0.25) is 9.59 Å². The molecule has 2 N–H and O–H groups in total. The summed E-state index contributed by atoms with van der Waals surface area (Å²) in [6.07, 6.45) is 0.513. The molecule has 1 amide bonds. The Morgan fingerprint density at radius 1 is 1.08 bits per heavy atom. The molecule has 0 aliphatic carbocycles. The fourth-order valence-electron chi connectivity index (χ4n) is 2.87. The highest BCUT2D eigenvalue weighted by Crippen LogP contribution is 2.28. The number of carbonyl (C=O) groups is 2. The summed E-state index contributed by atoms with van der Waals surface area (Å²) in [7, 11) is 1.55. The minimum Gasteiger partial charge on any atom is -0.496 e. The second-order valence-corrected chi connectivity index (χ2v) is 5.87. The number of methoxy groups -OCH3 is 1. The molecule has 2 aromatic rings. The van der Waals surface area contributed by atoms with Crippen LogP contribution >= 0.6 is 0 Å². The van der Waals surface area contributed by atoms with E-state index >= 15 is 0 Å². The van der Waals surface area contributed by atoms with E-state index in [1.165, 1.54) is 0 Å². The number of para-hydroxylation sites is 1. The number of ether oxygens (including phenoxy) is 1. The average molecular weight is 341 g/mol. The molecule has 2 rings (SSSR count). The van der Waals surface area contributed by atoms with Gasteiger partial charge in [-0.1, -0.05) is 55.5 Å². The number of aliphatic carboxylic acids is 1. The van der Waals surface area contributed by atoms with Gasteiger partial charge in [0.1, 0.15) is 11.2 Å². The Hall–Kier alpha value is -2.82. The Kier molecular flexibility index (Phi) is 6.17. The van der Waals surface area contributed by atoms with E-state index in [2.05, 4.69) is 5.32 Å². The molecule has 0 fully saturated rings. The van der Waals surface area contributed by atoms with Crippen LogP contribution in [-0.4, -0.2) is 30.6 Å². The molecule has 1 atom stereocenters. The monoisotopic (exact) mass is 341 g/mol. The summed E-state index contributed by atoms with van der Waals surface area (Å²) in [5.41, 5.74) is 0.305. The van der Waals surface area contributed by atoms with E-state index in [9.17, 15) is 14.7 Å². The molecular weight excluding hydrogens is 318 g/mol. The van der Waals surface area contributed by atoms with Crippen molar-refractivity contribution in [3.8, 4) is 5.75 Å². The van der Waals surface area contributed by atoms with Crippen molar-refractivity contribution in [2.24, 2.45) is 0 Å². The SMILES string of the molecule is CCC(CNC(=O)Cc1ccccc1OC)(C(=O)O)c1ccccc1. The summed E-state index contributed by atoms with van der Waals surface area (Å²) in [5.74, 6) is -0.543. The molecule has 0 bridgehead atoms. The lowest BCUT2D eigenvalue weighted by Gasteiger charge is -2.29. The van der Waals surface area contributed by atoms with E-state index < -0.39 is 11.4 Å². The summed E-state index contributed by atoms with van der Waals surface area (Å²) < 4.78 is 5.25. The molecule has 0 aliphatic rings. The third-order valence-corrected chi connectivity index (χ3v) is 4.47. The maximum atomic E-state index is 12.3. The Bertz CT molecular complexity index is 729. The molecule has 132 valence electrons. The molecule has 1 unspecified atom stereocenters. The number of rotatable bonds is 8. The van der Waals surface area contributed by atoms with Crippen LogP contribution in [0.1, 0.15) is 24.5 Å². The van der Waals surface area contributed by atoms with Crippen molar-refractivity contribution in [3.05, 3.63) is 65.7 Å². The van der Waals surface area contributed by atoms with Crippen molar-refractivity contribution in [2.45, 2.75) is 25.2 Å². The van der Waals surface area contributed by atoms with Crippen molar-refractivity contribution in [1.29, 1.82) is 0 Å². The number of hydrogen-bond donors (Lipinski definition) is 2. The first-order chi connectivity index (χ1) is 12.0. The van der Waals surface area contributed by atoms with Gasteiger partial charge >= 0.3 is 5.97 Å². The quantitative estimate of drug-likeness (QED) is 0.774. The molecule has 2 aromatic carbocycles. The van der Waals surface area contributed by atoms with Gasteiger partial charge in [0.2, 0.25) is 5.91 Å². The Morgan fingerprint density at radius 2 is 1.72 bits per heavy atom. The van der Waals surface area contributed by atoms with Gasteiger partial charge in [-0.05, 0) is 18.1 Å². The zero-order valence-corrected chi connectivity index (χ0v) is 14.5. The molecule has 0 radical (unpaired) electrons. The van der Waals surface area contributed by atoms with Gasteiger partial charge in [-0.15, -0.1) is 0 Å². The largest absolute Gasteiger partial charge is 0.496 e. The molecule has 5 heteroatoms. The highest BCUT2D eigenvalue weighted by Gasteiger charge is 2.38. The topological polar surface area (TPSA) is 75.6 Å². The number of benzene rings is 2. The van der Waals surface area contributed by atoms with Crippen molar-refractivity contribution in [3.63, 3.8) is 0 Å². The fourth-order valence-corrected chi connectivity index (χ4v) is 2.87. The second kappa shape index (κ2) is 8.33. The van der Waals surface area contributed by atoms with Crippen LogP contribution in [0.15, 0.2) is 54.6 Å². The minimum atomic E-state index is -1.14. The Morgan fingerprint density at radius 3 is 2.32 bits per heavy atom. The molecular formula is C20H23NO4. The average Bonchev–Trinajstić information content (AvgIpc) is 2.63. The number of carbonyl (C=O) groups excluding carboxylic acids is 1. The molecule has 0 saturated heterocycles. The van der Waals surface area contributed by atoms with E-state index in [0.29, 0.717) is 17.7 Å². The van der Waals surface area contributed by atoms with Crippen molar-refractivity contribution in [1.82, 2.24) is 5.32 Å². The highest BCUT2D eigenvalue weighted by molar-refractivity contribution is 5.84. The summed E-state index contributed by atoms with van der Waals surface area (Å²) in [6, 6.07) is 16.3. The smallest absolute Gasteiger partial charge is 0.315 e. The van der Waals surface area contributed by atoms with Crippen LogP contribution in [-0.2, 0) is 21.4 Å². The maximum Gasteiger partial charge on any atom is 0.315 e. The van der Waals surface area contributed by atoms with E-state index in [1.54, 1.807) is 37.4 Å². The third kappa shape index (κ3) is 4.18. The lowest BCUT2D eigenvalue weighted by molar-refractivity contribution is -0.144. The number of amides is 1. The van der Waals surface area contributed by atoms with Crippen LogP contribution in [0.25, 0.3) is 0 Å². The normalized spacial score (nSPS) is 12.9. The Labute approximate surface area is 147 Å². The summed E-state index contributed by atoms with van der Waals surface area (Å²) in [4.78, 5) is 24.3. The first-order valence-electron chi connectivity index (χ1n) is 8.21. The van der Waals surface area contributed by atoms with Crippen molar-refractivity contribution < 1.29 is 19.4 Å². The van der Waals surface area contributed by atoms with Gasteiger partial charge in [0.15, 0.2) is 0 Å². The molecule has 5 nitrogen and oxygen atoms in total. The standard InChI is InChI=1S/C20H23NO4/c1-3-20(19(23)24,16-10-5-4-6-11-16)14-21-18(22)13-15-9-7-8-12-17(15)25-2/h4-12H,3,13-14H2,1-2H3,(H,21,22)(H,23,24). The molecule has 0 saturated carbocycles. The zero-order valence-electron chi connectivity index (χ0n) is 14.5. The van der Waals surface area contributed by atoms with Crippen LogP contribution in [0.3, 0.4) is 0 Å². The van der Waals surface area contributed by atoms with E-state index in [-0.39, 0.29) is 18.9 Å². The van der Waals surface area contributed by atoms with Gasteiger partial charge in [0, 0.05) is 12.1 Å². The first kappa shape index (κ1) is 18.5. The lowest BCUT2D eigenvalue weighted by atomic mass is 9.78. The predicted molar refractivity (Wildman–Crippen MR) is 95.8 cm³/mol. The molecule has 0 aliphatic heterocycles. The van der Waals surface area contributed by atoms with Crippen LogP contribution < -0.4 is 10.1 Å². The molecule has 25 heavy (non-hydrogen) atoms. The van der Waals surface area contributed by atoms with Crippen LogP contribution in [0.4, 0.5) is 0 Å². The molecule has 0 heterocycles. The number of nitrogens with one attached hydrogen (secondary N) is 1. The van der Waals surface area contributed by atoms with E-state index in [0.717, 1.165) is 5.56 Å². The van der Waals surface area contributed by atoms with Crippen molar-refractivity contribution in [2.75, 3.05) is 13.7 Å². The van der Waals surface area contributed by atoms with Gasteiger partial charge in [-0.2, -0.15) is 0 Å². The number of carboxylic acids is 1. The summed E-state index contributed by atoms with van der Waals surface area (Å²) in [5, 5.41) is 12.6. The predicted octanol–water partition coefficient (Wildman–Crippen LogP) is 2.79. The van der Waals surface area contributed by atoms with Gasteiger partial charge in [0.05, 0.1) is 13.5 Å². The second-order valence-electron chi connectivity index (χ2n) is 5.87. The van der Waals surface area contributed by atoms with Crippen LogP contribution in [0, 0.1) is 0 Å². The summed E-state index contributed by atoms with van der Waals surface area (Å²) in [6.45, 7) is 1.85. The zero-order chi connectivity index (χ0) is 18.3. The van der Waals surface area contributed by atoms with Crippen molar-refractivity contribution >= 4 is 11.9 Å². The van der Waals surface area contributed by atoms with E-state index in [4.69, 9.17) is 4.74 Å². The van der Waals surface area contributed by atoms with Gasteiger partial charge in [0.25, 0.3) is 0 Å². The summed E-state index contributed by atoms with van der Waals surface area (Å²) >= 11 is 0. The third-order valence-electron chi connectivity index (χ3n) is 4.47. The van der Waals surface area contributed by atoms with Gasteiger partial charge in [-0.25, -0.2) is 0 Å². The highest BCUT2D eigenvalue weighted by atomic mass is 16.5. The Balaban J connectivity index is 2.13. The van der Waals surface area contributed by atoms with E-state index in [1.807, 2.05) is 31.2 Å². The van der Waals surface area contributed by atoms with Crippen LogP contribution in [0.5, 0.6) is 5.75 Å². The molecule has 0 spiro atoms. The first-order valence-corrected chi connectivity index (χ1v) is 8.21. The molecule has 0 aromatic heterocycles. The fraction of sp³-hybridized carbons (Fsp3) is 0.300. The minimum absolute atomic E-state index is 0.0385. The van der Waals surface area contributed by atoms with Crippen LogP contribution in [0.2, 0.25) is 0 Å². The number of carboxylic acid groups (broad SMARTS) is 1. The lowest BCUT2D eigenvalue weighted by Crippen LogP contribution is -2.46. The number of hydrogen-bond acceptors (Lipinski definition) is 3. The van der Waals surface area contributed by atoms with Gasteiger partial charge < -0.3 is 15.2 Å². The maximum absolute atomic E-state index is 12.3.